The van der Waals surface area contributed by atoms with Crippen LogP contribution in [0.3, 0.4) is 0 Å². The molecule has 2 aromatic rings. The Morgan fingerprint density at radius 1 is 1.57 bits per heavy atom. The van der Waals surface area contributed by atoms with Crippen molar-refractivity contribution >= 4 is 27.3 Å². The largest absolute Gasteiger partial charge is 0.336 e. The van der Waals surface area contributed by atoms with E-state index in [1.807, 2.05) is 17.1 Å². The molecule has 0 saturated carbocycles. The third-order valence-electron chi connectivity index (χ3n) is 1.84. The average Bonchev–Trinajstić information content (AvgIpc) is 2.74. The quantitative estimate of drug-likeness (QED) is 0.932. The Bertz CT molecular complexity index is 421. The van der Waals surface area contributed by atoms with E-state index in [-0.39, 0.29) is 0 Å². The van der Waals surface area contributed by atoms with Crippen LogP contribution in [-0.2, 0) is 6.54 Å². The average molecular weight is 272 g/mol. The van der Waals surface area contributed by atoms with Gasteiger partial charge in [0.25, 0.3) is 0 Å². The zero-order valence-electron chi connectivity index (χ0n) is 7.48. The van der Waals surface area contributed by atoms with Crippen LogP contribution in [0.4, 0.5) is 0 Å². The molecule has 14 heavy (non-hydrogen) atoms. The Morgan fingerprint density at radius 2 is 2.43 bits per heavy atom. The first-order valence-corrected chi connectivity index (χ1v) is 5.93. The highest BCUT2D eigenvalue weighted by Gasteiger charge is 2.04. The molecule has 2 rings (SSSR count). The molecule has 0 atom stereocenters. The van der Waals surface area contributed by atoms with Crippen LogP contribution in [0.2, 0.25) is 0 Å². The highest BCUT2D eigenvalue weighted by atomic mass is 79.9. The van der Waals surface area contributed by atoms with Crippen molar-refractivity contribution in [1.82, 2.24) is 9.55 Å². The molecule has 2 N–H and O–H groups in total. The van der Waals surface area contributed by atoms with E-state index in [0.717, 1.165) is 16.7 Å². The molecule has 0 bridgehead atoms. The second-order valence-electron chi connectivity index (χ2n) is 2.91. The summed E-state index contributed by atoms with van der Waals surface area (Å²) >= 11 is 5.10. The van der Waals surface area contributed by atoms with Crippen LogP contribution in [0.25, 0.3) is 10.6 Å². The third-order valence-corrected chi connectivity index (χ3v) is 3.55. The molecule has 0 aliphatic rings. The summed E-state index contributed by atoms with van der Waals surface area (Å²) < 4.78 is 3.11. The van der Waals surface area contributed by atoms with E-state index in [1.165, 1.54) is 4.88 Å². The molecule has 74 valence electrons. The van der Waals surface area contributed by atoms with Gasteiger partial charge in [0.1, 0.15) is 0 Å². The molecule has 0 aliphatic heterocycles. The Kier molecular flexibility index (Phi) is 3.00. The number of nitrogens with two attached hydrogens (primary N) is 1. The highest BCUT2D eigenvalue weighted by molar-refractivity contribution is 9.10. The van der Waals surface area contributed by atoms with E-state index in [0.29, 0.717) is 6.54 Å². The first-order chi connectivity index (χ1) is 6.79. The Labute approximate surface area is 94.7 Å². The van der Waals surface area contributed by atoms with Gasteiger partial charge in [-0.2, -0.15) is 0 Å². The van der Waals surface area contributed by atoms with Crippen molar-refractivity contribution in [2.75, 3.05) is 6.54 Å². The van der Waals surface area contributed by atoms with Gasteiger partial charge in [0, 0.05) is 29.1 Å². The van der Waals surface area contributed by atoms with Gasteiger partial charge in [-0.25, -0.2) is 4.98 Å². The molecule has 0 radical (unpaired) electrons. The zero-order valence-corrected chi connectivity index (χ0v) is 9.88. The topological polar surface area (TPSA) is 43.8 Å². The molecule has 0 saturated heterocycles. The fourth-order valence-corrected chi connectivity index (χ4v) is 2.60. The summed E-state index contributed by atoms with van der Waals surface area (Å²) in [5.74, 6) is 0. The third kappa shape index (κ3) is 2.05. The summed E-state index contributed by atoms with van der Waals surface area (Å²) in [5.41, 5.74) is 6.47. The van der Waals surface area contributed by atoms with Crippen LogP contribution >= 0.6 is 27.3 Å². The number of rotatable bonds is 3. The summed E-state index contributed by atoms with van der Waals surface area (Å²) in [4.78, 5) is 5.49. The van der Waals surface area contributed by atoms with Gasteiger partial charge < -0.3 is 10.3 Å². The number of imidazole rings is 1. The van der Waals surface area contributed by atoms with Crippen LogP contribution in [-0.4, -0.2) is 16.1 Å². The lowest BCUT2D eigenvalue weighted by molar-refractivity contribution is 0.708. The van der Waals surface area contributed by atoms with Gasteiger partial charge in [0.15, 0.2) is 0 Å². The van der Waals surface area contributed by atoms with Gasteiger partial charge in [-0.05, 0) is 22.0 Å². The number of aromatic nitrogens is 2. The molecule has 2 heterocycles. The molecular formula is C9H10BrN3S. The smallest absolute Gasteiger partial charge is 0.0982 e. The molecule has 3 nitrogen and oxygen atoms in total. The second-order valence-corrected chi connectivity index (χ2v) is 4.74. The Hall–Kier alpha value is -0.650. The molecule has 2 aromatic heterocycles. The molecule has 0 fully saturated rings. The molecule has 0 amide bonds. The van der Waals surface area contributed by atoms with Crippen molar-refractivity contribution in [3.05, 3.63) is 28.4 Å². The van der Waals surface area contributed by atoms with E-state index in [1.54, 1.807) is 11.3 Å². The van der Waals surface area contributed by atoms with Gasteiger partial charge in [-0.15, -0.1) is 11.3 Å². The number of nitrogens with zero attached hydrogens (tertiary/aromatic N) is 2. The lowest BCUT2D eigenvalue weighted by Crippen LogP contribution is -2.07. The van der Waals surface area contributed by atoms with Gasteiger partial charge in [-0.1, -0.05) is 0 Å². The molecule has 0 aromatic carbocycles. The molecule has 0 spiro atoms. The van der Waals surface area contributed by atoms with E-state index in [2.05, 4.69) is 32.4 Å². The minimum atomic E-state index is 0.643. The van der Waals surface area contributed by atoms with Crippen molar-refractivity contribution in [2.45, 2.75) is 6.54 Å². The van der Waals surface area contributed by atoms with Crippen molar-refractivity contribution in [3.8, 4) is 10.6 Å². The number of halogens is 1. The molecule has 0 aliphatic carbocycles. The Balaban J connectivity index is 2.24. The van der Waals surface area contributed by atoms with E-state index in [9.17, 15) is 0 Å². The normalized spacial score (nSPS) is 10.7. The lowest BCUT2D eigenvalue weighted by atomic mass is 10.4. The second kappa shape index (κ2) is 4.25. The van der Waals surface area contributed by atoms with Crippen LogP contribution < -0.4 is 5.73 Å². The zero-order chi connectivity index (χ0) is 9.97. The first kappa shape index (κ1) is 9.89. The highest BCUT2D eigenvalue weighted by Crippen LogP contribution is 2.28. The summed E-state index contributed by atoms with van der Waals surface area (Å²) in [6, 6.07) is 2.07. The number of hydrogen-bond donors (Lipinski definition) is 1. The summed E-state index contributed by atoms with van der Waals surface area (Å²) in [6.45, 7) is 1.46. The van der Waals surface area contributed by atoms with E-state index < -0.39 is 0 Å². The van der Waals surface area contributed by atoms with Crippen molar-refractivity contribution in [3.63, 3.8) is 0 Å². The van der Waals surface area contributed by atoms with Crippen LogP contribution in [0.15, 0.2) is 28.4 Å². The van der Waals surface area contributed by atoms with Crippen LogP contribution in [0.5, 0.6) is 0 Å². The monoisotopic (exact) mass is 271 g/mol. The fraction of sp³-hybridized carbons (Fsp3) is 0.222. The first-order valence-electron chi connectivity index (χ1n) is 4.26. The maximum absolute atomic E-state index is 5.46. The summed E-state index contributed by atoms with van der Waals surface area (Å²) in [7, 11) is 0. The van der Waals surface area contributed by atoms with Crippen LogP contribution in [0, 0.1) is 0 Å². The van der Waals surface area contributed by atoms with Crippen molar-refractivity contribution < 1.29 is 0 Å². The van der Waals surface area contributed by atoms with Gasteiger partial charge in [0.2, 0.25) is 0 Å². The van der Waals surface area contributed by atoms with E-state index in [4.69, 9.17) is 5.73 Å². The maximum atomic E-state index is 5.46. The predicted octanol–water partition coefficient (Wildman–Crippen LogP) is 2.33. The predicted molar refractivity (Wildman–Crippen MR) is 62.3 cm³/mol. The fourth-order valence-electron chi connectivity index (χ4n) is 1.21. The van der Waals surface area contributed by atoms with Crippen LogP contribution in [0.1, 0.15) is 0 Å². The maximum Gasteiger partial charge on any atom is 0.0982 e. The Morgan fingerprint density at radius 3 is 3.07 bits per heavy atom. The number of hydrogen-bond acceptors (Lipinski definition) is 3. The van der Waals surface area contributed by atoms with E-state index >= 15 is 0 Å². The molecular weight excluding hydrogens is 262 g/mol. The lowest BCUT2D eigenvalue weighted by Gasteiger charge is -1.94. The van der Waals surface area contributed by atoms with Gasteiger partial charge in [0.05, 0.1) is 16.9 Å². The minimum absolute atomic E-state index is 0.643. The summed E-state index contributed by atoms with van der Waals surface area (Å²) in [5, 5.41) is 2.05. The molecule has 5 heteroatoms. The standard InChI is InChI=1S/C9H10BrN3S/c10-7-3-9(14-5-7)8-4-13(2-1-11)6-12-8/h3-6H,1-2,11H2. The van der Waals surface area contributed by atoms with Crippen molar-refractivity contribution in [1.29, 1.82) is 0 Å². The minimum Gasteiger partial charge on any atom is -0.336 e. The molecule has 0 unspecified atom stereocenters. The number of thiophene rings is 1. The van der Waals surface area contributed by atoms with Crippen molar-refractivity contribution in [2.24, 2.45) is 5.73 Å². The summed E-state index contributed by atoms with van der Waals surface area (Å²) in [6.07, 6.45) is 3.83. The SMILES string of the molecule is NCCn1cnc(-c2cc(Br)cs2)c1. The van der Waals surface area contributed by atoms with Gasteiger partial charge in [-0.3, -0.25) is 0 Å². The van der Waals surface area contributed by atoms with Gasteiger partial charge >= 0.3 is 0 Å².